The van der Waals surface area contributed by atoms with Crippen LogP contribution in [0.4, 0.5) is 0 Å². The van der Waals surface area contributed by atoms with Crippen molar-refractivity contribution in [1.82, 2.24) is 10.2 Å². The number of aryl methyl sites for hydroxylation is 1. The van der Waals surface area contributed by atoms with Crippen LogP contribution in [0, 0.1) is 23.2 Å². The fourth-order valence-corrected chi connectivity index (χ4v) is 9.82. The zero-order chi connectivity index (χ0) is 25.6. The van der Waals surface area contributed by atoms with Gasteiger partial charge in [-0.1, -0.05) is 51.5 Å². The van der Waals surface area contributed by atoms with Crippen molar-refractivity contribution in [2.45, 2.75) is 128 Å². The van der Waals surface area contributed by atoms with Crippen LogP contribution in [-0.2, 0) is 11.2 Å². The summed E-state index contributed by atoms with van der Waals surface area (Å²) < 4.78 is 0. The smallest absolute Gasteiger partial charge is 0.232 e. The Balaban J connectivity index is 1.23. The number of hydrogen-bond acceptors (Lipinski definition) is 3. The number of hydrogen-bond donors (Lipinski definition) is 2. The van der Waals surface area contributed by atoms with Gasteiger partial charge in [0.05, 0.1) is 0 Å². The van der Waals surface area contributed by atoms with Crippen LogP contribution in [0.3, 0.4) is 0 Å². The van der Waals surface area contributed by atoms with Crippen molar-refractivity contribution in [3.8, 4) is 5.75 Å². The lowest BCUT2D eigenvalue weighted by Gasteiger charge is -2.51. The summed E-state index contributed by atoms with van der Waals surface area (Å²) in [5, 5.41) is 14.4. The van der Waals surface area contributed by atoms with E-state index in [-0.39, 0.29) is 17.4 Å². The highest BCUT2D eigenvalue weighted by Crippen LogP contribution is 2.63. The van der Waals surface area contributed by atoms with Crippen molar-refractivity contribution >= 4 is 23.2 Å². The van der Waals surface area contributed by atoms with E-state index in [1.165, 1.54) is 75.3 Å². The van der Waals surface area contributed by atoms with E-state index in [2.05, 4.69) is 23.2 Å². The maximum absolute atomic E-state index is 14.6. The van der Waals surface area contributed by atoms with Crippen LogP contribution in [0.15, 0.2) is 18.2 Å². The Morgan fingerprint density at radius 1 is 0.973 bits per heavy atom. The Labute approximate surface area is 229 Å². The molecule has 0 saturated heterocycles. The van der Waals surface area contributed by atoms with Gasteiger partial charge in [0.1, 0.15) is 5.75 Å². The molecule has 202 valence electrons. The minimum absolute atomic E-state index is 0.0695. The third-order valence-electron chi connectivity index (χ3n) is 11.3. The molecule has 4 nitrogen and oxygen atoms in total. The van der Waals surface area contributed by atoms with Gasteiger partial charge in [0.15, 0.2) is 5.11 Å². The summed E-state index contributed by atoms with van der Waals surface area (Å²) in [6.45, 7) is 2.45. The number of carbonyl (C=O) groups excluding carboxylic acids is 1. The van der Waals surface area contributed by atoms with Gasteiger partial charge >= 0.3 is 0 Å². The van der Waals surface area contributed by atoms with Gasteiger partial charge in [-0.15, -0.1) is 0 Å². The molecule has 6 rings (SSSR count). The van der Waals surface area contributed by atoms with Crippen molar-refractivity contribution in [3.05, 3.63) is 29.3 Å². The van der Waals surface area contributed by atoms with Crippen LogP contribution in [0.25, 0.3) is 0 Å². The van der Waals surface area contributed by atoms with Crippen molar-refractivity contribution in [2.75, 3.05) is 0 Å². The van der Waals surface area contributed by atoms with Gasteiger partial charge in [0.2, 0.25) is 5.91 Å². The Bertz CT molecular complexity index is 1010. The summed E-state index contributed by atoms with van der Waals surface area (Å²) in [5.74, 6) is 2.67. The quantitative estimate of drug-likeness (QED) is 0.411. The molecule has 0 heterocycles. The standard InChI is InChI=1S/C32H46N2O2S/c1-32-19-18-26-25-15-13-24(35)20-21(25)12-14-27(26)28(32)16-17-29(32)30(36)34(23-10-6-3-7-11-23)31(37)33-22-8-4-2-5-9-22/h13,15,20,22-23,26-29,35H,2-12,14,16-19H2,1H3,(H,33,37)/t26?,27?,28?,29?,32-/m0/s1. The van der Waals surface area contributed by atoms with Crippen LogP contribution >= 0.6 is 12.2 Å². The average molecular weight is 523 g/mol. The normalized spacial score (nSPS) is 34.2. The first-order valence-corrected chi connectivity index (χ1v) is 15.8. The van der Waals surface area contributed by atoms with E-state index < -0.39 is 0 Å². The maximum atomic E-state index is 14.6. The number of nitrogens with zero attached hydrogens (tertiary/aromatic N) is 1. The Morgan fingerprint density at radius 3 is 2.46 bits per heavy atom. The van der Waals surface area contributed by atoms with E-state index in [1.807, 2.05) is 12.1 Å². The third-order valence-corrected chi connectivity index (χ3v) is 11.7. The molecule has 1 amide bonds. The number of nitrogens with one attached hydrogen (secondary N) is 1. The molecule has 5 aliphatic carbocycles. The minimum atomic E-state index is 0.0695. The molecule has 37 heavy (non-hydrogen) atoms. The second kappa shape index (κ2) is 10.5. The second-order valence-corrected chi connectivity index (χ2v) is 13.6. The number of aromatic hydroxyl groups is 1. The topological polar surface area (TPSA) is 52.6 Å². The number of amides is 1. The molecule has 4 saturated carbocycles. The van der Waals surface area contributed by atoms with Crippen molar-refractivity contribution in [3.63, 3.8) is 0 Å². The van der Waals surface area contributed by atoms with Gasteiger partial charge in [-0.25, -0.2) is 0 Å². The fraction of sp³-hybridized carbons (Fsp3) is 0.750. The van der Waals surface area contributed by atoms with Crippen LogP contribution in [0.5, 0.6) is 5.75 Å². The molecule has 5 atom stereocenters. The largest absolute Gasteiger partial charge is 0.508 e. The first-order chi connectivity index (χ1) is 18.0. The van der Waals surface area contributed by atoms with Crippen LogP contribution in [0.1, 0.15) is 120 Å². The molecule has 0 radical (unpaired) electrons. The highest BCUT2D eigenvalue weighted by Gasteiger charge is 2.57. The van der Waals surface area contributed by atoms with Gasteiger partial charge in [-0.05, 0) is 123 Å². The Kier molecular flexibility index (Phi) is 7.28. The molecule has 1 aromatic carbocycles. The molecular weight excluding hydrogens is 476 g/mol. The molecule has 5 aliphatic rings. The molecule has 0 spiro atoms. The van der Waals surface area contributed by atoms with Gasteiger partial charge < -0.3 is 10.4 Å². The molecular formula is C32H46N2O2S. The van der Waals surface area contributed by atoms with Crippen molar-refractivity contribution < 1.29 is 9.90 Å². The number of thiocarbonyl (C=S) groups is 1. The number of benzene rings is 1. The molecule has 0 aliphatic heterocycles. The predicted octanol–water partition coefficient (Wildman–Crippen LogP) is 7.23. The minimum Gasteiger partial charge on any atom is -0.508 e. The molecule has 0 bridgehead atoms. The van der Waals surface area contributed by atoms with E-state index in [4.69, 9.17) is 12.2 Å². The van der Waals surface area contributed by atoms with E-state index in [0.29, 0.717) is 35.5 Å². The summed E-state index contributed by atoms with van der Waals surface area (Å²) in [6, 6.07) is 6.75. The van der Waals surface area contributed by atoms with Gasteiger partial charge in [0, 0.05) is 18.0 Å². The third kappa shape index (κ3) is 4.72. The summed E-state index contributed by atoms with van der Waals surface area (Å²) >= 11 is 6.05. The summed E-state index contributed by atoms with van der Waals surface area (Å²) in [7, 11) is 0. The number of phenols is 1. The average Bonchev–Trinajstić information content (AvgIpc) is 3.27. The fourth-order valence-electron chi connectivity index (χ4n) is 9.42. The second-order valence-electron chi connectivity index (χ2n) is 13.3. The molecule has 4 fully saturated rings. The van der Waals surface area contributed by atoms with Gasteiger partial charge in [0.25, 0.3) is 0 Å². The van der Waals surface area contributed by atoms with Crippen molar-refractivity contribution in [2.24, 2.45) is 23.2 Å². The summed E-state index contributed by atoms with van der Waals surface area (Å²) in [6.07, 6.45) is 18.8. The highest BCUT2D eigenvalue weighted by atomic mass is 32.1. The molecule has 0 aromatic heterocycles. The Morgan fingerprint density at radius 2 is 1.70 bits per heavy atom. The van der Waals surface area contributed by atoms with E-state index >= 15 is 0 Å². The first kappa shape index (κ1) is 25.6. The number of rotatable bonds is 3. The predicted molar refractivity (Wildman–Crippen MR) is 153 cm³/mol. The van der Waals surface area contributed by atoms with E-state index in [0.717, 1.165) is 43.6 Å². The zero-order valence-electron chi connectivity index (χ0n) is 22.7. The maximum Gasteiger partial charge on any atom is 0.232 e. The Hall–Kier alpha value is -1.62. The lowest BCUT2D eigenvalue weighted by atomic mass is 9.54. The van der Waals surface area contributed by atoms with E-state index in [9.17, 15) is 9.90 Å². The summed E-state index contributed by atoms with van der Waals surface area (Å²) in [5.41, 5.74) is 2.88. The number of fused-ring (bicyclic) bond motifs is 5. The molecule has 1 aromatic rings. The molecule has 4 unspecified atom stereocenters. The van der Waals surface area contributed by atoms with Crippen LogP contribution in [-0.4, -0.2) is 33.1 Å². The SMILES string of the molecule is C[C@]12CCC3c4ccc(O)cc4CCC3C1CCC2C(=O)N(C(=S)NC1CCCCC1)C1CCCCC1. The summed E-state index contributed by atoms with van der Waals surface area (Å²) in [4.78, 5) is 16.7. The lowest BCUT2D eigenvalue weighted by Crippen LogP contribution is -2.56. The molecule has 2 N–H and O–H groups in total. The zero-order valence-corrected chi connectivity index (χ0v) is 23.5. The van der Waals surface area contributed by atoms with Gasteiger partial charge in [-0.3, -0.25) is 9.69 Å². The monoisotopic (exact) mass is 522 g/mol. The highest BCUT2D eigenvalue weighted by molar-refractivity contribution is 7.80. The number of carbonyl (C=O) groups is 1. The number of phenolic OH excluding ortho intramolecular Hbond substituents is 1. The van der Waals surface area contributed by atoms with Crippen LogP contribution < -0.4 is 5.32 Å². The molecule has 5 heteroatoms. The van der Waals surface area contributed by atoms with Gasteiger partial charge in [-0.2, -0.15) is 0 Å². The first-order valence-electron chi connectivity index (χ1n) is 15.4. The van der Waals surface area contributed by atoms with E-state index in [1.54, 1.807) is 0 Å². The van der Waals surface area contributed by atoms with Crippen LogP contribution in [0.2, 0.25) is 0 Å². The van der Waals surface area contributed by atoms with Crippen molar-refractivity contribution in [1.29, 1.82) is 0 Å². The lowest BCUT2D eigenvalue weighted by molar-refractivity contribution is -0.139.